The number of nitrogens with zero attached hydrogens (tertiary/aromatic N) is 2. The molecule has 10 aromatic carbocycles. The van der Waals surface area contributed by atoms with Gasteiger partial charge in [0.2, 0.25) is 0 Å². The van der Waals surface area contributed by atoms with E-state index in [2.05, 4.69) is 240 Å². The maximum atomic E-state index is 2.51. The van der Waals surface area contributed by atoms with E-state index in [1.54, 1.807) is 0 Å². The third kappa shape index (κ3) is 5.57. The van der Waals surface area contributed by atoms with E-state index in [0.29, 0.717) is 0 Å². The van der Waals surface area contributed by atoms with Gasteiger partial charge in [-0.15, -0.1) is 0 Å². The Kier molecular flexibility index (Phi) is 8.19. The van der Waals surface area contributed by atoms with E-state index in [1.165, 1.54) is 65.8 Å². The van der Waals surface area contributed by atoms with Crippen LogP contribution in [0.5, 0.6) is 0 Å². The van der Waals surface area contributed by atoms with Crippen molar-refractivity contribution in [2.75, 3.05) is 4.90 Å². The summed E-state index contributed by atoms with van der Waals surface area (Å²) in [4.78, 5) is 2.47. The van der Waals surface area contributed by atoms with Crippen LogP contribution in [0.25, 0.3) is 82.4 Å². The molecular formula is C56H38N2. The van der Waals surface area contributed by atoms with E-state index in [1.807, 2.05) is 0 Å². The fourth-order valence-electron chi connectivity index (χ4n) is 8.97. The molecular weight excluding hydrogens is 701 g/mol. The summed E-state index contributed by atoms with van der Waals surface area (Å²) in [5.74, 6) is 0. The SMILES string of the molecule is c1ccc(-c2cccc(-c3ccccc3)c2-n2c3ccccc3c3ccc(-c4ccccc4N(c4cccc5ccccc45)c4cccc5ccccc45)cc32)cc1. The van der Waals surface area contributed by atoms with Crippen LogP contribution in [0.4, 0.5) is 17.1 Å². The molecule has 0 amide bonds. The number of fused-ring (bicyclic) bond motifs is 5. The Bertz CT molecular complexity index is 3140. The zero-order chi connectivity index (χ0) is 38.4. The minimum absolute atomic E-state index is 1.12. The van der Waals surface area contributed by atoms with Crippen molar-refractivity contribution in [2.24, 2.45) is 0 Å². The predicted molar refractivity (Wildman–Crippen MR) is 247 cm³/mol. The van der Waals surface area contributed by atoms with Crippen molar-refractivity contribution >= 4 is 60.4 Å². The summed E-state index contributed by atoms with van der Waals surface area (Å²) >= 11 is 0. The number of aromatic nitrogens is 1. The van der Waals surface area contributed by atoms with Crippen molar-refractivity contribution in [1.29, 1.82) is 0 Å². The minimum atomic E-state index is 1.12. The van der Waals surface area contributed by atoms with Gasteiger partial charge in [-0.3, -0.25) is 0 Å². The summed E-state index contributed by atoms with van der Waals surface area (Å²) in [7, 11) is 0. The smallest absolute Gasteiger partial charge is 0.0618 e. The Morgan fingerprint density at radius 1 is 0.276 bits per heavy atom. The van der Waals surface area contributed by atoms with Crippen LogP contribution in [0, 0.1) is 0 Å². The first-order chi connectivity index (χ1) is 28.8. The van der Waals surface area contributed by atoms with Gasteiger partial charge in [0.15, 0.2) is 0 Å². The van der Waals surface area contributed by atoms with Gasteiger partial charge in [0, 0.05) is 38.2 Å². The molecule has 1 heterocycles. The van der Waals surface area contributed by atoms with Gasteiger partial charge in [0.1, 0.15) is 0 Å². The highest BCUT2D eigenvalue weighted by molar-refractivity contribution is 6.12. The summed E-state index contributed by atoms with van der Waals surface area (Å²) in [5, 5.41) is 7.27. The molecule has 0 N–H and O–H groups in total. The quantitative estimate of drug-likeness (QED) is 0.158. The molecule has 0 unspecified atom stereocenters. The Balaban J connectivity index is 1.21. The summed E-state index contributed by atoms with van der Waals surface area (Å²) < 4.78 is 2.51. The molecule has 0 atom stereocenters. The van der Waals surface area contributed by atoms with E-state index in [9.17, 15) is 0 Å². The normalized spacial score (nSPS) is 11.4. The first-order valence-corrected chi connectivity index (χ1v) is 19.9. The third-order valence-electron chi connectivity index (χ3n) is 11.6. The number of para-hydroxylation sites is 3. The zero-order valence-electron chi connectivity index (χ0n) is 31.8. The topological polar surface area (TPSA) is 8.17 Å². The Morgan fingerprint density at radius 2 is 0.724 bits per heavy atom. The van der Waals surface area contributed by atoms with Gasteiger partial charge in [-0.2, -0.15) is 0 Å². The van der Waals surface area contributed by atoms with E-state index >= 15 is 0 Å². The molecule has 0 saturated heterocycles. The Hall–Kier alpha value is -7.68. The van der Waals surface area contributed by atoms with Gasteiger partial charge in [0.05, 0.1) is 33.8 Å². The Morgan fingerprint density at radius 3 is 1.36 bits per heavy atom. The molecule has 11 rings (SSSR count). The third-order valence-corrected chi connectivity index (χ3v) is 11.6. The first-order valence-electron chi connectivity index (χ1n) is 19.9. The first kappa shape index (κ1) is 33.6. The molecule has 0 spiro atoms. The molecule has 58 heavy (non-hydrogen) atoms. The second-order valence-corrected chi connectivity index (χ2v) is 14.9. The summed E-state index contributed by atoms with van der Waals surface area (Å²) in [6, 6.07) is 83.8. The maximum Gasteiger partial charge on any atom is 0.0618 e. The molecule has 0 aliphatic heterocycles. The second-order valence-electron chi connectivity index (χ2n) is 14.9. The molecule has 0 saturated carbocycles. The fourth-order valence-corrected chi connectivity index (χ4v) is 8.97. The average Bonchev–Trinajstić information content (AvgIpc) is 3.63. The van der Waals surface area contributed by atoms with Crippen molar-refractivity contribution in [3.05, 3.63) is 231 Å². The number of anilines is 3. The zero-order valence-corrected chi connectivity index (χ0v) is 31.8. The van der Waals surface area contributed by atoms with Gasteiger partial charge >= 0.3 is 0 Å². The van der Waals surface area contributed by atoms with Gasteiger partial charge in [-0.1, -0.05) is 200 Å². The van der Waals surface area contributed by atoms with Crippen LogP contribution in [-0.4, -0.2) is 4.57 Å². The van der Waals surface area contributed by atoms with Gasteiger partial charge in [-0.25, -0.2) is 0 Å². The Labute approximate surface area is 338 Å². The van der Waals surface area contributed by atoms with Crippen molar-refractivity contribution < 1.29 is 0 Å². The van der Waals surface area contributed by atoms with Crippen LogP contribution in [0.15, 0.2) is 231 Å². The van der Waals surface area contributed by atoms with Crippen LogP contribution in [0.3, 0.4) is 0 Å². The summed E-state index contributed by atoms with van der Waals surface area (Å²) in [5.41, 5.74) is 14.0. The summed E-state index contributed by atoms with van der Waals surface area (Å²) in [6.45, 7) is 0. The van der Waals surface area contributed by atoms with Gasteiger partial charge in [-0.05, 0) is 57.8 Å². The van der Waals surface area contributed by atoms with Crippen molar-refractivity contribution in [1.82, 2.24) is 4.57 Å². The monoisotopic (exact) mass is 738 g/mol. The second kappa shape index (κ2) is 14.1. The van der Waals surface area contributed by atoms with E-state index in [0.717, 1.165) is 33.7 Å². The van der Waals surface area contributed by atoms with E-state index in [-0.39, 0.29) is 0 Å². The lowest BCUT2D eigenvalue weighted by Gasteiger charge is -2.30. The lowest BCUT2D eigenvalue weighted by molar-refractivity contribution is 1.18. The number of rotatable bonds is 7. The maximum absolute atomic E-state index is 2.51. The molecule has 0 fully saturated rings. The molecule has 1 aromatic heterocycles. The van der Waals surface area contributed by atoms with Gasteiger partial charge < -0.3 is 9.47 Å². The molecule has 0 aliphatic carbocycles. The molecule has 2 heteroatoms. The average molecular weight is 739 g/mol. The molecule has 2 nitrogen and oxygen atoms in total. The van der Waals surface area contributed by atoms with E-state index < -0.39 is 0 Å². The van der Waals surface area contributed by atoms with E-state index in [4.69, 9.17) is 0 Å². The van der Waals surface area contributed by atoms with Crippen LogP contribution in [0.2, 0.25) is 0 Å². The van der Waals surface area contributed by atoms with Crippen LogP contribution in [-0.2, 0) is 0 Å². The molecule has 11 aromatic rings. The highest BCUT2D eigenvalue weighted by Crippen LogP contribution is 2.47. The lowest BCUT2D eigenvalue weighted by atomic mass is 9.95. The summed E-state index contributed by atoms with van der Waals surface area (Å²) in [6.07, 6.45) is 0. The molecule has 272 valence electrons. The number of benzene rings is 10. The molecule has 0 radical (unpaired) electrons. The highest BCUT2D eigenvalue weighted by Gasteiger charge is 2.23. The molecule has 0 bridgehead atoms. The number of hydrogen-bond acceptors (Lipinski definition) is 1. The van der Waals surface area contributed by atoms with Crippen LogP contribution >= 0.6 is 0 Å². The van der Waals surface area contributed by atoms with Crippen molar-refractivity contribution in [3.63, 3.8) is 0 Å². The predicted octanol–water partition coefficient (Wildman–Crippen LogP) is 15.6. The van der Waals surface area contributed by atoms with Crippen LogP contribution in [0.1, 0.15) is 0 Å². The standard InChI is InChI=1S/C56H38N2/c1-3-18-41(19-4-1)47-30-17-31-48(42-20-5-2-6-21-42)56(47)58-54-33-14-12-29-49(54)50-37-36-43(38-55(50)58)46-28-11-13-32-51(46)57(52-34-15-24-39-22-7-9-26-44(39)52)53-35-16-25-40-23-8-10-27-45(40)53/h1-38H. The van der Waals surface area contributed by atoms with Crippen molar-refractivity contribution in [2.45, 2.75) is 0 Å². The largest absolute Gasteiger partial charge is 0.309 e. The van der Waals surface area contributed by atoms with Gasteiger partial charge in [0.25, 0.3) is 0 Å². The number of hydrogen-bond donors (Lipinski definition) is 0. The minimum Gasteiger partial charge on any atom is -0.309 e. The van der Waals surface area contributed by atoms with Crippen LogP contribution < -0.4 is 4.90 Å². The van der Waals surface area contributed by atoms with Crippen molar-refractivity contribution in [3.8, 4) is 39.1 Å². The molecule has 0 aliphatic rings. The highest BCUT2D eigenvalue weighted by atomic mass is 15.1. The fraction of sp³-hybridized carbons (Fsp3) is 0. The lowest BCUT2D eigenvalue weighted by Crippen LogP contribution is -2.12.